The molecule has 0 saturated carbocycles. The molecule has 0 aliphatic rings. The molecule has 3 amide bonds. The van der Waals surface area contributed by atoms with E-state index in [1.807, 2.05) is 5.32 Å². The maximum Gasteiger partial charge on any atom is 0.319 e. The number of benzene rings is 2. The molecule has 0 heterocycles. The van der Waals surface area contributed by atoms with Crippen LogP contribution in [0, 0.1) is 17.5 Å². The molecule has 132 valence electrons. The highest BCUT2D eigenvalue weighted by Crippen LogP contribution is 2.22. The van der Waals surface area contributed by atoms with Crippen LogP contribution in [-0.4, -0.2) is 25.6 Å². The van der Waals surface area contributed by atoms with Crippen LogP contribution in [-0.2, 0) is 4.79 Å². The first kappa shape index (κ1) is 18.1. The summed E-state index contributed by atoms with van der Waals surface area (Å²) in [5, 5.41) is 6.74. The van der Waals surface area contributed by atoms with Gasteiger partial charge in [0.25, 0.3) is 0 Å². The van der Waals surface area contributed by atoms with Crippen LogP contribution < -0.4 is 20.7 Å². The summed E-state index contributed by atoms with van der Waals surface area (Å²) in [7, 11) is 1.43. The van der Waals surface area contributed by atoms with Gasteiger partial charge in [0.2, 0.25) is 5.91 Å². The Morgan fingerprint density at radius 2 is 1.68 bits per heavy atom. The lowest BCUT2D eigenvalue weighted by molar-refractivity contribution is -0.115. The minimum absolute atomic E-state index is 0.384. The number of carbonyl (C=O) groups is 2. The van der Waals surface area contributed by atoms with Gasteiger partial charge in [0.05, 0.1) is 25.0 Å². The Morgan fingerprint density at radius 3 is 2.40 bits per heavy atom. The fourth-order valence-electron chi connectivity index (χ4n) is 1.89. The second kappa shape index (κ2) is 8.04. The maximum atomic E-state index is 13.4. The van der Waals surface area contributed by atoms with Crippen molar-refractivity contribution in [3.05, 3.63) is 53.8 Å². The number of rotatable bonds is 5. The first-order chi connectivity index (χ1) is 11.9. The Labute approximate surface area is 141 Å². The van der Waals surface area contributed by atoms with Crippen molar-refractivity contribution in [2.45, 2.75) is 0 Å². The number of halogens is 3. The van der Waals surface area contributed by atoms with Gasteiger partial charge in [0.15, 0.2) is 17.5 Å². The largest absolute Gasteiger partial charge is 0.495 e. The summed E-state index contributed by atoms with van der Waals surface area (Å²) in [4.78, 5) is 23.4. The van der Waals surface area contributed by atoms with Crippen molar-refractivity contribution in [2.24, 2.45) is 0 Å². The Kier molecular flexibility index (Phi) is 5.83. The van der Waals surface area contributed by atoms with Crippen LogP contribution in [0.15, 0.2) is 36.4 Å². The summed E-state index contributed by atoms with van der Waals surface area (Å²) >= 11 is 0. The number of anilines is 2. The second-order valence-corrected chi connectivity index (χ2v) is 4.78. The molecule has 2 aromatic rings. The molecule has 25 heavy (non-hydrogen) atoms. The zero-order chi connectivity index (χ0) is 18.4. The van der Waals surface area contributed by atoms with E-state index in [1.54, 1.807) is 24.3 Å². The summed E-state index contributed by atoms with van der Waals surface area (Å²) in [6.45, 7) is -0.514. The molecular weight excluding hydrogens is 339 g/mol. The van der Waals surface area contributed by atoms with E-state index < -0.39 is 41.6 Å². The minimum atomic E-state index is -1.69. The van der Waals surface area contributed by atoms with Crippen LogP contribution in [0.4, 0.5) is 29.3 Å². The van der Waals surface area contributed by atoms with E-state index in [1.165, 1.54) is 7.11 Å². The number of ether oxygens (including phenoxy) is 1. The number of amides is 3. The van der Waals surface area contributed by atoms with Crippen molar-refractivity contribution in [3.63, 3.8) is 0 Å². The van der Waals surface area contributed by atoms with Crippen LogP contribution in [0.2, 0.25) is 0 Å². The Bertz CT molecular complexity index is 799. The van der Waals surface area contributed by atoms with Gasteiger partial charge < -0.3 is 20.7 Å². The van der Waals surface area contributed by atoms with Gasteiger partial charge in [-0.3, -0.25) is 4.79 Å². The number of urea groups is 1. The highest BCUT2D eigenvalue weighted by atomic mass is 19.2. The normalized spacial score (nSPS) is 10.1. The molecule has 0 aliphatic carbocycles. The minimum Gasteiger partial charge on any atom is -0.495 e. The lowest BCUT2D eigenvalue weighted by atomic mass is 10.2. The average Bonchev–Trinajstić information content (AvgIpc) is 2.61. The molecule has 2 aromatic carbocycles. The third-order valence-corrected chi connectivity index (χ3v) is 3.07. The summed E-state index contributed by atoms with van der Waals surface area (Å²) in [5.74, 6) is -4.98. The highest BCUT2D eigenvalue weighted by molar-refractivity contribution is 5.97. The summed E-state index contributed by atoms with van der Waals surface area (Å²) in [6.07, 6.45) is 0. The van der Waals surface area contributed by atoms with Crippen molar-refractivity contribution < 1.29 is 27.5 Å². The highest BCUT2D eigenvalue weighted by Gasteiger charge is 2.15. The third kappa shape index (κ3) is 4.63. The van der Waals surface area contributed by atoms with Gasteiger partial charge in [-0.15, -0.1) is 0 Å². The SMILES string of the molecule is COc1ccccc1NC(=O)NCC(=O)Nc1ccc(F)c(F)c1F. The molecule has 2 rings (SSSR count). The molecular formula is C16H14F3N3O3. The van der Waals surface area contributed by atoms with Crippen LogP contribution >= 0.6 is 0 Å². The fraction of sp³-hybridized carbons (Fsp3) is 0.125. The van der Waals surface area contributed by atoms with E-state index in [9.17, 15) is 22.8 Å². The Hall–Kier alpha value is -3.23. The first-order valence-electron chi connectivity index (χ1n) is 7.03. The van der Waals surface area contributed by atoms with Crippen molar-refractivity contribution in [3.8, 4) is 5.75 Å². The Balaban J connectivity index is 1.90. The van der Waals surface area contributed by atoms with Gasteiger partial charge in [-0.2, -0.15) is 0 Å². The Morgan fingerprint density at radius 1 is 0.960 bits per heavy atom. The molecule has 0 aliphatic heterocycles. The van der Waals surface area contributed by atoms with E-state index in [0.717, 1.165) is 6.07 Å². The van der Waals surface area contributed by atoms with Gasteiger partial charge in [0.1, 0.15) is 5.75 Å². The van der Waals surface area contributed by atoms with E-state index in [2.05, 4.69) is 10.6 Å². The molecule has 0 aromatic heterocycles. The summed E-state index contributed by atoms with van der Waals surface area (Å²) in [6, 6.07) is 7.47. The number of hydrogen-bond donors (Lipinski definition) is 3. The number of nitrogens with one attached hydrogen (secondary N) is 3. The molecule has 0 saturated heterocycles. The van der Waals surface area contributed by atoms with Gasteiger partial charge in [-0.25, -0.2) is 18.0 Å². The van der Waals surface area contributed by atoms with Crippen molar-refractivity contribution in [1.82, 2.24) is 5.32 Å². The quantitative estimate of drug-likeness (QED) is 0.723. The standard InChI is InChI=1S/C16H14F3N3O3/c1-25-12-5-3-2-4-10(12)22-16(24)20-8-13(23)21-11-7-6-9(17)14(18)15(11)19/h2-7H,8H2,1H3,(H,21,23)(H2,20,22,24). The number of hydrogen-bond acceptors (Lipinski definition) is 3. The number of methoxy groups -OCH3 is 1. The fourth-order valence-corrected chi connectivity index (χ4v) is 1.89. The van der Waals surface area contributed by atoms with Crippen molar-refractivity contribution in [1.29, 1.82) is 0 Å². The second-order valence-electron chi connectivity index (χ2n) is 4.78. The topological polar surface area (TPSA) is 79.5 Å². The average molecular weight is 353 g/mol. The van der Waals surface area contributed by atoms with Crippen LogP contribution in [0.3, 0.4) is 0 Å². The summed E-state index contributed by atoms with van der Waals surface area (Å²) in [5.41, 5.74) is -0.148. The number of carbonyl (C=O) groups excluding carboxylic acids is 2. The van der Waals surface area contributed by atoms with Crippen molar-refractivity contribution >= 4 is 23.3 Å². The lowest BCUT2D eigenvalue weighted by Crippen LogP contribution is -2.36. The third-order valence-electron chi connectivity index (χ3n) is 3.07. The molecule has 0 unspecified atom stereocenters. The van der Waals surface area contributed by atoms with Crippen LogP contribution in [0.1, 0.15) is 0 Å². The molecule has 0 radical (unpaired) electrons. The molecule has 3 N–H and O–H groups in total. The summed E-state index contributed by atoms with van der Waals surface area (Å²) < 4.78 is 44.4. The molecule has 0 fully saturated rings. The predicted molar refractivity (Wildman–Crippen MR) is 85.0 cm³/mol. The zero-order valence-electron chi connectivity index (χ0n) is 13.0. The van der Waals surface area contributed by atoms with Gasteiger partial charge in [0, 0.05) is 0 Å². The molecule has 9 heteroatoms. The van der Waals surface area contributed by atoms with E-state index in [0.29, 0.717) is 17.5 Å². The van der Waals surface area contributed by atoms with Crippen LogP contribution in [0.5, 0.6) is 5.75 Å². The first-order valence-corrected chi connectivity index (χ1v) is 7.03. The van der Waals surface area contributed by atoms with E-state index in [-0.39, 0.29) is 0 Å². The molecule has 0 atom stereocenters. The van der Waals surface area contributed by atoms with Gasteiger partial charge in [-0.05, 0) is 24.3 Å². The molecule has 6 nitrogen and oxygen atoms in total. The molecule has 0 spiro atoms. The van der Waals surface area contributed by atoms with E-state index in [4.69, 9.17) is 4.74 Å². The monoisotopic (exact) mass is 353 g/mol. The van der Waals surface area contributed by atoms with Crippen molar-refractivity contribution in [2.75, 3.05) is 24.3 Å². The lowest BCUT2D eigenvalue weighted by Gasteiger charge is -2.11. The van der Waals surface area contributed by atoms with Gasteiger partial charge in [-0.1, -0.05) is 12.1 Å². The smallest absolute Gasteiger partial charge is 0.319 e. The van der Waals surface area contributed by atoms with E-state index >= 15 is 0 Å². The predicted octanol–water partition coefficient (Wildman–Crippen LogP) is 2.87. The van der Waals surface area contributed by atoms with Crippen LogP contribution in [0.25, 0.3) is 0 Å². The molecule has 0 bridgehead atoms. The van der Waals surface area contributed by atoms with Gasteiger partial charge >= 0.3 is 6.03 Å². The zero-order valence-corrected chi connectivity index (χ0v) is 13.0. The number of para-hydroxylation sites is 2. The maximum absolute atomic E-state index is 13.4.